The van der Waals surface area contributed by atoms with Crippen molar-refractivity contribution < 1.29 is 8.91 Å². The third-order valence-corrected chi connectivity index (χ3v) is 4.47. The van der Waals surface area contributed by atoms with Crippen molar-refractivity contribution in [3.63, 3.8) is 0 Å². The minimum atomic E-state index is -0.246. The first-order valence-electron chi connectivity index (χ1n) is 5.76. The van der Waals surface area contributed by atoms with Gasteiger partial charge in [-0.25, -0.2) is 4.39 Å². The Morgan fingerprint density at radius 2 is 2.05 bits per heavy atom. The van der Waals surface area contributed by atoms with E-state index in [1.165, 1.54) is 35.2 Å². The molecule has 3 rings (SSSR count). The highest BCUT2D eigenvalue weighted by atomic mass is 32.2. The van der Waals surface area contributed by atoms with Gasteiger partial charge < -0.3 is 10.3 Å². The first-order chi connectivity index (χ1) is 9.72. The third-order valence-electron chi connectivity index (χ3n) is 2.54. The van der Waals surface area contributed by atoms with Crippen LogP contribution in [0.3, 0.4) is 0 Å². The Balaban J connectivity index is 1.69. The second kappa shape index (κ2) is 5.64. The molecule has 0 unspecified atom stereocenters. The molecule has 0 fully saturated rings. The van der Waals surface area contributed by atoms with Gasteiger partial charge in [0.05, 0.1) is 11.4 Å². The van der Waals surface area contributed by atoms with E-state index in [0.29, 0.717) is 23.2 Å². The van der Waals surface area contributed by atoms with Crippen molar-refractivity contribution in [3.05, 3.63) is 47.4 Å². The number of nitrogens with zero attached hydrogens (tertiary/aromatic N) is 2. The molecule has 7 heteroatoms. The zero-order chi connectivity index (χ0) is 13.9. The SMILES string of the molecule is Nc1ccsc1-c1nc(CSc2ccc(F)cc2)no1. The average molecular weight is 307 g/mol. The number of aromatic nitrogens is 2. The molecule has 0 saturated heterocycles. The molecule has 2 heterocycles. The topological polar surface area (TPSA) is 64.9 Å². The van der Waals surface area contributed by atoms with Crippen molar-refractivity contribution in [2.24, 2.45) is 0 Å². The van der Waals surface area contributed by atoms with Gasteiger partial charge in [0.2, 0.25) is 0 Å². The van der Waals surface area contributed by atoms with Crippen LogP contribution in [-0.2, 0) is 5.75 Å². The fraction of sp³-hybridized carbons (Fsp3) is 0.0769. The van der Waals surface area contributed by atoms with Gasteiger partial charge in [0.25, 0.3) is 5.89 Å². The van der Waals surface area contributed by atoms with E-state index in [2.05, 4.69) is 10.1 Å². The van der Waals surface area contributed by atoms with Gasteiger partial charge in [-0.15, -0.1) is 23.1 Å². The number of hydrogen-bond acceptors (Lipinski definition) is 6. The van der Waals surface area contributed by atoms with E-state index in [4.69, 9.17) is 10.3 Å². The summed E-state index contributed by atoms with van der Waals surface area (Å²) in [6.45, 7) is 0. The van der Waals surface area contributed by atoms with Gasteiger partial charge in [-0.05, 0) is 35.7 Å². The molecule has 0 aliphatic carbocycles. The average Bonchev–Trinajstić information content (AvgIpc) is 3.06. The molecule has 2 aromatic heterocycles. The van der Waals surface area contributed by atoms with Crippen molar-refractivity contribution in [1.82, 2.24) is 10.1 Å². The van der Waals surface area contributed by atoms with E-state index >= 15 is 0 Å². The summed E-state index contributed by atoms with van der Waals surface area (Å²) in [5, 5.41) is 5.79. The smallest absolute Gasteiger partial charge is 0.270 e. The lowest BCUT2D eigenvalue weighted by atomic mass is 10.4. The van der Waals surface area contributed by atoms with Crippen LogP contribution in [0, 0.1) is 5.82 Å². The lowest BCUT2D eigenvalue weighted by Gasteiger charge is -1.97. The molecule has 4 nitrogen and oxygen atoms in total. The number of thioether (sulfide) groups is 1. The van der Waals surface area contributed by atoms with Crippen molar-refractivity contribution in [3.8, 4) is 10.8 Å². The van der Waals surface area contributed by atoms with Gasteiger partial charge in [-0.3, -0.25) is 0 Å². The maximum Gasteiger partial charge on any atom is 0.270 e. The molecule has 102 valence electrons. The normalized spacial score (nSPS) is 10.8. The second-order valence-electron chi connectivity index (χ2n) is 3.96. The summed E-state index contributed by atoms with van der Waals surface area (Å²) in [6, 6.07) is 8.10. The molecular formula is C13H10FN3OS2. The summed E-state index contributed by atoms with van der Waals surface area (Å²) >= 11 is 2.98. The molecular weight excluding hydrogens is 297 g/mol. The van der Waals surface area contributed by atoms with Crippen LogP contribution < -0.4 is 5.73 Å². The maximum absolute atomic E-state index is 12.8. The van der Waals surface area contributed by atoms with Gasteiger partial charge in [0.1, 0.15) is 10.7 Å². The monoisotopic (exact) mass is 307 g/mol. The molecule has 20 heavy (non-hydrogen) atoms. The molecule has 0 saturated carbocycles. The zero-order valence-corrected chi connectivity index (χ0v) is 11.9. The van der Waals surface area contributed by atoms with E-state index in [1.54, 1.807) is 18.2 Å². The quantitative estimate of drug-likeness (QED) is 0.742. The number of nitrogen functional groups attached to an aromatic ring is 1. The number of halogens is 1. The number of thiophene rings is 1. The fourth-order valence-electron chi connectivity index (χ4n) is 1.58. The molecule has 0 spiro atoms. The number of rotatable bonds is 4. The molecule has 0 aliphatic rings. The Morgan fingerprint density at radius 3 is 2.75 bits per heavy atom. The Bertz CT molecular complexity index is 708. The minimum absolute atomic E-state index is 0.246. The molecule has 0 aliphatic heterocycles. The largest absolute Gasteiger partial charge is 0.397 e. The lowest BCUT2D eigenvalue weighted by Crippen LogP contribution is -1.86. The van der Waals surface area contributed by atoms with Crippen LogP contribution in [-0.4, -0.2) is 10.1 Å². The summed E-state index contributed by atoms with van der Waals surface area (Å²) in [5.74, 6) is 1.33. The molecule has 1 aromatic carbocycles. The Labute approximate surface area is 122 Å². The highest BCUT2D eigenvalue weighted by Crippen LogP contribution is 2.30. The van der Waals surface area contributed by atoms with Crippen molar-refractivity contribution in [1.29, 1.82) is 0 Å². The molecule has 2 N–H and O–H groups in total. The van der Waals surface area contributed by atoms with Crippen molar-refractivity contribution >= 4 is 28.8 Å². The van der Waals surface area contributed by atoms with Crippen molar-refractivity contribution in [2.45, 2.75) is 10.6 Å². The number of anilines is 1. The molecule has 3 aromatic rings. The highest BCUT2D eigenvalue weighted by Gasteiger charge is 2.13. The summed E-state index contributed by atoms with van der Waals surface area (Å²) in [4.78, 5) is 6.04. The van der Waals surface area contributed by atoms with E-state index in [1.807, 2.05) is 5.38 Å². The Hall–Kier alpha value is -1.86. The van der Waals surface area contributed by atoms with Gasteiger partial charge in [0.15, 0.2) is 5.82 Å². The summed E-state index contributed by atoms with van der Waals surface area (Å²) < 4.78 is 18.0. The standard InChI is InChI=1S/C13H10FN3OS2/c14-8-1-3-9(4-2-8)20-7-11-16-13(18-17-11)12-10(15)5-6-19-12/h1-6H,7,15H2. The zero-order valence-electron chi connectivity index (χ0n) is 10.2. The van der Waals surface area contributed by atoms with Crippen LogP contribution in [0.25, 0.3) is 10.8 Å². The van der Waals surface area contributed by atoms with Gasteiger partial charge >= 0.3 is 0 Å². The summed E-state index contributed by atoms with van der Waals surface area (Å²) in [5.41, 5.74) is 6.44. The summed E-state index contributed by atoms with van der Waals surface area (Å²) in [6.07, 6.45) is 0. The van der Waals surface area contributed by atoms with Gasteiger partial charge in [0, 0.05) is 4.90 Å². The Morgan fingerprint density at radius 1 is 1.25 bits per heavy atom. The number of benzene rings is 1. The molecule has 0 bridgehead atoms. The number of nitrogens with two attached hydrogens (primary N) is 1. The highest BCUT2D eigenvalue weighted by molar-refractivity contribution is 7.98. The van der Waals surface area contributed by atoms with Crippen molar-refractivity contribution in [2.75, 3.05) is 5.73 Å². The van der Waals surface area contributed by atoms with Crippen LogP contribution in [0.1, 0.15) is 5.82 Å². The Kier molecular flexibility index (Phi) is 3.70. The predicted molar refractivity (Wildman–Crippen MR) is 78.0 cm³/mol. The predicted octanol–water partition coefficient (Wildman–Crippen LogP) is 3.81. The fourth-order valence-corrected chi connectivity index (χ4v) is 3.06. The molecule has 0 amide bonds. The van der Waals surface area contributed by atoms with Crippen LogP contribution >= 0.6 is 23.1 Å². The molecule has 0 radical (unpaired) electrons. The van der Waals surface area contributed by atoms with Crippen LogP contribution in [0.5, 0.6) is 0 Å². The van der Waals surface area contributed by atoms with Crippen LogP contribution in [0.4, 0.5) is 10.1 Å². The molecule has 0 atom stereocenters. The van der Waals surface area contributed by atoms with Gasteiger partial charge in [-0.1, -0.05) is 5.16 Å². The van der Waals surface area contributed by atoms with Crippen LogP contribution in [0.15, 0.2) is 45.1 Å². The van der Waals surface area contributed by atoms with E-state index < -0.39 is 0 Å². The maximum atomic E-state index is 12.8. The summed E-state index contributed by atoms with van der Waals surface area (Å²) in [7, 11) is 0. The third kappa shape index (κ3) is 2.83. The lowest BCUT2D eigenvalue weighted by molar-refractivity contribution is 0.426. The van der Waals surface area contributed by atoms with E-state index in [-0.39, 0.29) is 5.82 Å². The van der Waals surface area contributed by atoms with Crippen LogP contribution in [0.2, 0.25) is 0 Å². The second-order valence-corrected chi connectivity index (χ2v) is 5.93. The first-order valence-corrected chi connectivity index (χ1v) is 7.63. The van der Waals surface area contributed by atoms with Gasteiger partial charge in [-0.2, -0.15) is 4.98 Å². The number of hydrogen-bond donors (Lipinski definition) is 1. The van der Waals surface area contributed by atoms with E-state index in [0.717, 1.165) is 9.77 Å². The first kappa shape index (κ1) is 13.1. The van der Waals surface area contributed by atoms with E-state index in [9.17, 15) is 4.39 Å². The minimum Gasteiger partial charge on any atom is -0.397 e.